The predicted molar refractivity (Wildman–Crippen MR) is 61.5 cm³/mol. The molecule has 1 atom stereocenters. The molecule has 0 radical (unpaired) electrons. The Morgan fingerprint density at radius 3 is 2.62 bits per heavy atom. The second kappa shape index (κ2) is 5.07. The Hall–Kier alpha value is -1.43. The summed E-state index contributed by atoms with van der Waals surface area (Å²) in [6.07, 6.45) is 0.436. The number of hydrogen-bond acceptors (Lipinski definition) is 3. The number of nitro groups is 1. The van der Waals surface area contributed by atoms with Crippen LogP contribution >= 0.6 is 15.9 Å². The van der Waals surface area contributed by atoms with Crippen LogP contribution in [0.3, 0.4) is 0 Å². The van der Waals surface area contributed by atoms with Crippen molar-refractivity contribution in [1.82, 2.24) is 0 Å². The molecule has 0 aliphatic carbocycles. The molecular weight excluding hydrogens is 278 g/mol. The third-order valence-electron chi connectivity index (χ3n) is 2.28. The fourth-order valence-electron chi connectivity index (χ4n) is 1.44. The van der Waals surface area contributed by atoms with Gasteiger partial charge >= 0.3 is 5.97 Å². The maximum Gasteiger partial charge on any atom is 0.311 e. The fraction of sp³-hybridized carbons (Fsp3) is 0.300. The third kappa shape index (κ3) is 2.57. The van der Waals surface area contributed by atoms with Crippen LogP contribution in [0.2, 0.25) is 0 Å². The summed E-state index contributed by atoms with van der Waals surface area (Å²) in [4.78, 5) is 20.9. The number of carboxylic acids is 1. The molecule has 0 saturated carbocycles. The zero-order valence-corrected chi connectivity index (χ0v) is 10.1. The van der Waals surface area contributed by atoms with Crippen LogP contribution in [0.4, 0.5) is 5.69 Å². The molecule has 1 aromatic carbocycles. The number of nitro benzene ring substituents is 1. The van der Waals surface area contributed by atoms with Crippen molar-refractivity contribution in [3.05, 3.63) is 38.3 Å². The lowest BCUT2D eigenvalue weighted by Crippen LogP contribution is -2.11. The Kier molecular flexibility index (Phi) is 4.00. The molecule has 0 spiro atoms. The van der Waals surface area contributed by atoms with Crippen molar-refractivity contribution in [2.24, 2.45) is 0 Å². The summed E-state index contributed by atoms with van der Waals surface area (Å²) >= 11 is 3.16. The van der Waals surface area contributed by atoms with E-state index in [0.29, 0.717) is 16.5 Å². The van der Waals surface area contributed by atoms with E-state index in [-0.39, 0.29) is 5.69 Å². The number of nitrogens with zero attached hydrogens (tertiary/aromatic N) is 1. The molecule has 1 aromatic rings. The van der Waals surface area contributed by atoms with Crippen LogP contribution in [0.25, 0.3) is 0 Å². The Morgan fingerprint density at radius 1 is 1.62 bits per heavy atom. The van der Waals surface area contributed by atoms with Crippen LogP contribution in [0.5, 0.6) is 0 Å². The highest BCUT2D eigenvalue weighted by Gasteiger charge is 2.21. The average Bonchev–Trinajstić information content (AvgIpc) is 2.20. The van der Waals surface area contributed by atoms with Gasteiger partial charge in [0.25, 0.3) is 5.69 Å². The molecule has 1 unspecified atom stereocenters. The van der Waals surface area contributed by atoms with Crippen LogP contribution in [0.15, 0.2) is 22.7 Å². The molecule has 1 N–H and O–H groups in total. The molecule has 0 aromatic heterocycles. The lowest BCUT2D eigenvalue weighted by molar-refractivity contribution is -0.384. The van der Waals surface area contributed by atoms with Gasteiger partial charge in [-0.05, 0) is 12.0 Å². The molecule has 1 rings (SSSR count). The van der Waals surface area contributed by atoms with Gasteiger partial charge in [0.1, 0.15) is 0 Å². The van der Waals surface area contributed by atoms with Crippen molar-refractivity contribution < 1.29 is 14.8 Å². The number of non-ortho nitro benzene ring substituents is 1. The summed E-state index contributed by atoms with van der Waals surface area (Å²) in [6, 6.07) is 4.11. The number of carbonyl (C=O) groups is 1. The summed E-state index contributed by atoms with van der Waals surface area (Å²) in [5.41, 5.74) is 0.497. The number of benzene rings is 1. The normalized spacial score (nSPS) is 12.1. The van der Waals surface area contributed by atoms with E-state index in [1.54, 1.807) is 6.92 Å². The molecular formula is C10H10BrNO4. The topological polar surface area (TPSA) is 80.4 Å². The summed E-state index contributed by atoms with van der Waals surface area (Å²) in [5, 5.41) is 19.5. The fourth-order valence-corrected chi connectivity index (χ4v) is 2.08. The lowest BCUT2D eigenvalue weighted by Gasteiger charge is -2.11. The van der Waals surface area contributed by atoms with E-state index in [1.165, 1.54) is 18.2 Å². The number of aliphatic carboxylic acids is 1. The van der Waals surface area contributed by atoms with Crippen molar-refractivity contribution in [3.8, 4) is 0 Å². The van der Waals surface area contributed by atoms with Crippen LogP contribution < -0.4 is 0 Å². The highest BCUT2D eigenvalue weighted by molar-refractivity contribution is 9.10. The molecule has 0 aliphatic rings. The Labute approximate surface area is 100 Å². The zero-order valence-electron chi connectivity index (χ0n) is 8.51. The second-order valence-corrected chi connectivity index (χ2v) is 4.12. The first-order valence-corrected chi connectivity index (χ1v) is 5.43. The number of rotatable bonds is 4. The van der Waals surface area contributed by atoms with E-state index in [0.717, 1.165) is 0 Å². The maximum atomic E-state index is 10.9. The van der Waals surface area contributed by atoms with Gasteiger partial charge in [-0.1, -0.05) is 28.9 Å². The Bertz CT molecular complexity index is 433. The van der Waals surface area contributed by atoms with Crippen molar-refractivity contribution in [1.29, 1.82) is 0 Å². The third-order valence-corrected chi connectivity index (χ3v) is 2.96. The lowest BCUT2D eigenvalue weighted by atomic mass is 9.96. The van der Waals surface area contributed by atoms with Gasteiger partial charge in [0.15, 0.2) is 0 Å². The van der Waals surface area contributed by atoms with E-state index in [2.05, 4.69) is 15.9 Å². The molecule has 0 saturated heterocycles. The molecule has 5 nitrogen and oxygen atoms in total. The number of carboxylic acid groups (broad SMARTS) is 1. The SMILES string of the molecule is CCC(C(=O)O)c1ccc([N+](=O)[O-])cc1Br. The van der Waals surface area contributed by atoms with Crippen LogP contribution in [0, 0.1) is 10.1 Å². The summed E-state index contributed by atoms with van der Waals surface area (Å²) in [5.74, 6) is -1.58. The summed E-state index contributed by atoms with van der Waals surface area (Å²) < 4.78 is 0.455. The van der Waals surface area contributed by atoms with Gasteiger partial charge in [0.05, 0.1) is 10.8 Å². The predicted octanol–water partition coefficient (Wildman–Crippen LogP) is 2.94. The van der Waals surface area contributed by atoms with Gasteiger partial charge in [0, 0.05) is 16.6 Å². The molecule has 0 bridgehead atoms. The quantitative estimate of drug-likeness (QED) is 0.682. The van der Waals surface area contributed by atoms with Gasteiger partial charge in [-0.3, -0.25) is 14.9 Å². The van der Waals surface area contributed by atoms with Crippen molar-refractivity contribution >= 4 is 27.6 Å². The number of halogens is 1. The van der Waals surface area contributed by atoms with E-state index < -0.39 is 16.8 Å². The maximum absolute atomic E-state index is 10.9. The molecule has 0 fully saturated rings. The molecule has 0 aliphatic heterocycles. The Morgan fingerprint density at radius 2 is 2.25 bits per heavy atom. The van der Waals surface area contributed by atoms with Gasteiger partial charge in [-0.2, -0.15) is 0 Å². The van der Waals surface area contributed by atoms with Crippen molar-refractivity contribution in [2.45, 2.75) is 19.3 Å². The van der Waals surface area contributed by atoms with Gasteiger partial charge < -0.3 is 5.11 Å². The van der Waals surface area contributed by atoms with Gasteiger partial charge in [0.2, 0.25) is 0 Å². The van der Waals surface area contributed by atoms with E-state index in [9.17, 15) is 14.9 Å². The molecule has 0 heterocycles. The van der Waals surface area contributed by atoms with Gasteiger partial charge in [-0.25, -0.2) is 0 Å². The zero-order chi connectivity index (χ0) is 12.3. The highest BCUT2D eigenvalue weighted by atomic mass is 79.9. The van der Waals surface area contributed by atoms with Crippen LogP contribution in [-0.4, -0.2) is 16.0 Å². The summed E-state index contributed by atoms with van der Waals surface area (Å²) in [6.45, 7) is 1.76. The minimum absolute atomic E-state index is 0.0594. The van der Waals surface area contributed by atoms with E-state index in [1.807, 2.05) is 0 Å². The van der Waals surface area contributed by atoms with Crippen molar-refractivity contribution in [2.75, 3.05) is 0 Å². The minimum Gasteiger partial charge on any atom is -0.481 e. The average molecular weight is 288 g/mol. The monoisotopic (exact) mass is 287 g/mol. The first kappa shape index (κ1) is 12.6. The summed E-state index contributed by atoms with van der Waals surface area (Å²) in [7, 11) is 0. The smallest absolute Gasteiger partial charge is 0.311 e. The minimum atomic E-state index is -0.933. The van der Waals surface area contributed by atoms with Gasteiger partial charge in [-0.15, -0.1) is 0 Å². The largest absolute Gasteiger partial charge is 0.481 e. The standard InChI is InChI=1S/C10H10BrNO4/c1-2-7(10(13)14)8-4-3-6(12(15)16)5-9(8)11/h3-5,7H,2H2,1H3,(H,13,14). The second-order valence-electron chi connectivity index (χ2n) is 3.26. The van der Waals surface area contributed by atoms with E-state index in [4.69, 9.17) is 5.11 Å². The van der Waals surface area contributed by atoms with Crippen LogP contribution in [0.1, 0.15) is 24.8 Å². The first-order valence-electron chi connectivity index (χ1n) is 4.64. The molecule has 0 amide bonds. The highest BCUT2D eigenvalue weighted by Crippen LogP contribution is 2.30. The number of hydrogen-bond donors (Lipinski definition) is 1. The molecule has 86 valence electrons. The van der Waals surface area contributed by atoms with E-state index >= 15 is 0 Å². The Balaban J connectivity index is 3.16. The molecule has 16 heavy (non-hydrogen) atoms. The van der Waals surface area contributed by atoms with Crippen molar-refractivity contribution in [3.63, 3.8) is 0 Å². The van der Waals surface area contributed by atoms with Crippen LogP contribution in [-0.2, 0) is 4.79 Å². The molecule has 6 heteroatoms. The first-order chi connectivity index (χ1) is 7.47.